The number of rotatable bonds is 5. The number of carbonyl (C=O) groups is 2. The fourth-order valence-corrected chi connectivity index (χ4v) is 4.35. The van der Waals surface area contributed by atoms with Gasteiger partial charge in [-0.1, -0.05) is 32.9 Å². The third-order valence-corrected chi connectivity index (χ3v) is 5.52. The van der Waals surface area contributed by atoms with Crippen molar-refractivity contribution >= 4 is 23.2 Å². The van der Waals surface area contributed by atoms with Crippen molar-refractivity contribution < 1.29 is 19.2 Å². The molecule has 154 valence electrons. The van der Waals surface area contributed by atoms with E-state index in [1.807, 2.05) is 20.8 Å². The van der Waals surface area contributed by atoms with Gasteiger partial charge in [0.25, 0.3) is 5.69 Å². The van der Waals surface area contributed by atoms with Gasteiger partial charge in [0.2, 0.25) is 0 Å². The summed E-state index contributed by atoms with van der Waals surface area (Å²) in [6.07, 6.45) is 1.50. The van der Waals surface area contributed by atoms with Crippen LogP contribution >= 0.6 is 0 Å². The van der Waals surface area contributed by atoms with Crippen molar-refractivity contribution in [3.05, 3.63) is 51.2 Å². The standard InChI is InChI=1S/C22H26N2O5/c1-5-15-20(21(26)29-6-2)18(13-8-7-9-14(10-13)24(27)28)19-16(23-15)11-22(3,4)12-17(19)25/h7-10,18,20H,5-6,11-12H2,1-4H3/t18-,20?/m1/s1. The Bertz CT molecular complexity index is 929. The van der Waals surface area contributed by atoms with Crippen molar-refractivity contribution in [2.24, 2.45) is 16.3 Å². The summed E-state index contributed by atoms with van der Waals surface area (Å²) in [5.74, 6) is -1.89. The fraction of sp³-hybridized carbons (Fsp3) is 0.500. The van der Waals surface area contributed by atoms with Crippen molar-refractivity contribution in [2.75, 3.05) is 6.61 Å². The smallest absolute Gasteiger partial charge is 0.315 e. The van der Waals surface area contributed by atoms with E-state index in [-0.39, 0.29) is 23.5 Å². The first-order chi connectivity index (χ1) is 13.7. The van der Waals surface area contributed by atoms with Gasteiger partial charge in [-0.2, -0.15) is 0 Å². The number of nitrogens with zero attached hydrogens (tertiary/aromatic N) is 2. The molecular weight excluding hydrogens is 372 g/mol. The summed E-state index contributed by atoms with van der Waals surface area (Å²) >= 11 is 0. The first-order valence-electron chi connectivity index (χ1n) is 9.93. The van der Waals surface area contributed by atoms with Crippen LogP contribution in [0.5, 0.6) is 0 Å². The number of Topliss-reactive ketones (excluding diaryl/α,β-unsaturated/α-hetero) is 1. The second-order valence-corrected chi connectivity index (χ2v) is 8.32. The van der Waals surface area contributed by atoms with Crippen LogP contribution < -0.4 is 0 Å². The average Bonchev–Trinajstić information content (AvgIpc) is 2.65. The quantitative estimate of drug-likeness (QED) is 0.417. The van der Waals surface area contributed by atoms with Crippen LogP contribution in [-0.2, 0) is 14.3 Å². The molecule has 0 saturated carbocycles. The largest absolute Gasteiger partial charge is 0.465 e. The molecule has 29 heavy (non-hydrogen) atoms. The lowest BCUT2D eigenvalue weighted by atomic mass is 9.66. The highest BCUT2D eigenvalue weighted by molar-refractivity contribution is 6.09. The highest BCUT2D eigenvalue weighted by atomic mass is 16.6. The van der Waals surface area contributed by atoms with Crippen molar-refractivity contribution in [1.29, 1.82) is 0 Å². The van der Waals surface area contributed by atoms with Crippen molar-refractivity contribution in [2.45, 2.75) is 52.9 Å². The van der Waals surface area contributed by atoms with E-state index in [9.17, 15) is 19.7 Å². The molecule has 1 aliphatic carbocycles. The molecule has 0 radical (unpaired) electrons. The Morgan fingerprint density at radius 2 is 2.03 bits per heavy atom. The van der Waals surface area contributed by atoms with Crippen molar-refractivity contribution in [3.63, 3.8) is 0 Å². The Kier molecular flexibility index (Phi) is 5.68. The third-order valence-electron chi connectivity index (χ3n) is 5.52. The maximum atomic E-state index is 13.2. The molecule has 2 atom stereocenters. The van der Waals surface area contributed by atoms with E-state index < -0.39 is 22.7 Å². The summed E-state index contributed by atoms with van der Waals surface area (Å²) in [6, 6.07) is 6.18. The number of hydrogen-bond donors (Lipinski definition) is 0. The molecule has 1 aromatic carbocycles. The van der Waals surface area contributed by atoms with Crippen LogP contribution in [0.2, 0.25) is 0 Å². The van der Waals surface area contributed by atoms with E-state index in [0.717, 1.165) is 0 Å². The Hall–Kier alpha value is -2.83. The SMILES string of the molecule is CCOC(=O)C1C(CC)=NC2=C(C(=O)CC(C)(C)C2)[C@H]1c1cccc([N+](=O)[O-])c1. The predicted octanol–water partition coefficient (Wildman–Crippen LogP) is 4.37. The summed E-state index contributed by atoms with van der Waals surface area (Å²) in [5.41, 5.74) is 2.13. The highest BCUT2D eigenvalue weighted by Crippen LogP contribution is 2.48. The van der Waals surface area contributed by atoms with Crippen LogP contribution in [0.15, 0.2) is 40.5 Å². The van der Waals surface area contributed by atoms with Gasteiger partial charge in [0.05, 0.1) is 11.5 Å². The van der Waals surface area contributed by atoms with Crippen molar-refractivity contribution in [1.82, 2.24) is 0 Å². The van der Waals surface area contributed by atoms with Crippen LogP contribution in [0, 0.1) is 21.4 Å². The number of ether oxygens (including phenoxy) is 1. The highest BCUT2D eigenvalue weighted by Gasteiger charge is 2.46. The van der Waals surface area contributed by atoms with Gasteiger partial charge in [0.1, 0.15) is 5.92 Å². The second kappa shape index (κ2) is 7.89. The summed E-state index contributed by atoms with van der Waals surface area (Å²) < 4.78 is 5.31. The molecule has 7 heteroatoms. The Labute approximate surface area is 170 Å². The van der Waals surface area contributed by atoms with Gasteiger partial charge in [-0.25, -0.2) is 0 Å². The Morgan fingerprint density at radius 3 is 2.66 bits per heavy atom. The molecule has 7 nitrogen and oxygen atoms in total. The maximum absolute atomic E-state index is 13.2. The van der Waals surface area contributed by atoms with E-state index in [4.69, 9.17) is 9.73 Å². The van der Waals surface area contributed by atoms with Gasteiger partial charge >= 0.3 is 5.97 Å². The molecule has 2 aliphatic rings. The molecule has 0 aromatic heterocycles. The van der Waals surface area contributed by atoms with Gasteiger partial charge < -0.3 is 4.74 Å². The Balaban J connectivity index is 2.23. The van der Waals surface area contributed by atoms with Gasteiger partial charge in [-0.3, -0.25) is 24.7 Å². The molecule has 0 fully saturated rings. The minimum absolute atomic E-state index is 0.0547. The van der Waals surface area contributed by atoms with Crippen molar-refractivity contribution in [3.8, 4) is 0 Å². The van der Waals surface area contributed by atoms with Gasteiger partial charge in [-0.15, -0.1) is 0 Å². The zero-order valence-corrected chi connectivity index (χ0v) is 17.2. The monoisotopic (exact) mass is 398 g/mol. The number of nitro groups is 1. The number of hydrogen-bond acceptors (Lipinski definition) is 6. The normalized spacial score (nSPS) is 23.3. The number of non-ortho nitro benzene ring substituents is 1. The number of ketones is 1. The summed E-state index contributed by atoms with van der Waals surface area (Å²) in [7, 11) is 0. The molecule has 0 N–H and O–H groups in total. The topological polar surface area (TPSA) is 98.9 Å². The van der Waals surface area contributed by atoms with Gasteiger partial charge in [-0.05, 0) is 30.7 Å². The zero-order valence-electron chi connectivity index (χ0n) is 17.2. The van der Waals surface area contributed by atoms with E-state index in [2.05, 4.69) is 0 Å². The van der Waals surface area contributed by atoms with Crippen LogP contribution in [0.3, 0.4) is 0 Å². The molecule has 1 aromatic rings. The van der Waals surface area contributed by atoms with Crippen LogP contribution in [0.25, 0.3) is 0 Å². The lowest BCUT2D eigenvalue weighted by Gasteiger charge is -2.39. The minimum Gasteiger partial charge on any atom is -0.465 e. The van der Waals surface area contributed by atoms with E-state index in [1.54, 1.807) is 19.1 Å². The van der Waals surface area contributed by atoms with Gasteiger partial charge in [0, 0.05) is 41.5 Å². The molecule has 1 aliphatic heterocycles. The number of allylic oxidation sites excluding steroid dienone is 2. The molecule has 0 amide bonds. The minimum atomic E-state index is -0.758. The Morgan fingerprint density at radius 1 is 1.31 bits per heavy atom. The molecule has 1 heterocycles. The molecule has 3 rings (SSSR count). The molecule has 0 saturated heterocycles. The first-order valence-corrected chi connectivity index (χ1v) is 9.93. The van der Waals surface area contributed by atoms with Crippen LogP contribution in [-0.4, -0.2) is 29.0 Å². The van der Waals surface area contributed by atoms with E-state index >= 15 is 0 Å². The number of aliphatic imine (C=N–C) groups is 1. The maximum Gasteiger partial charge on any atom is 0.315 e. The lowest BCUT2D eigenvalue weighted by molar-refractivity contribution is -0.384. The zero-order chi connectivity index (χ0) is 21.3. The molecule has 0 bridgehead atoms. The van der Waals surface area contributed by atoms with E-state index in [1.165, 1.54) is 12.1 Å². The molecule has 1 unspecified atom stereocenters. The molecular formula is C22H26N2O5. The van der Waals surface area contributed by atoms with E-state index in [0.29, 0.717) is 41.8 Å². The summed E-state index contributed by atoms with van der Waals surface area (Å²) in [6.45, 7) is 7.90. The van der Waals surface area contributed by atoms with Crippen LogP contribution in [0.1, 0.15) is 58.4 Å². The second-order valence-electron chi connectivity index (χ2n) is 8.32. The lowest BCUT2D eigenvalue weighted by Crippen LogP contribution is -2.40. The summed E-state index contributed by atoms with van der Waals surface area (Å²) in [5, 5.41) is 11.3. The first kappa shape index (κ1) is 20.9. The van der Waals surface area contributed by atoms with Crippen LogP contribution in [0.4, 0.5) is 5.69 Å². The third kappa shape index (κ3) is 3.99. The van der Waals surface area contributed by atoms with Gasteiger partial charge in [0.15, 0.2) is 5.78 Å². The summed E-state index contributed by atoms with van der Waals surface area (Å²) in [4.78, 5) is 41.6. The molecule has 0 spiro atoms. The number of carbonyl (C=O) groups excluding carboxylic acids is 2. The number of esters is 1. The predicted molar refractivity (Wildman–Crippen MR) is 109 cm³/mol. The number of nitro benzene ring substituents is 1. The fourth-order valence-electron chi connectivity index (χ4n) is 4.35. The average molecular weight is 398 g/mol. The number of benzene rings is 1.